The molecule has 0 aliphatic carbocycles. The molecule has 0 heterocycles. The van der Waals surface area contributed by atoms with Crippen LogP contribution in [0.3, 0.4) is 0 Å². The fraction of sp³-hybridized carbons (Fsp3) is 0.385. The first kappa shape index (κ1) is 15.6. The molecule has 2 amide bonds. The summed E-state index contributed by atoms with van der Waals surface area (Å²) in [7, 11) is 0. The lowest BCUT2D eigenvalue weighted by Crippen LogP contribution is -2.48. The average Bonchev–Trinajstić information content (AvgIpc) is 2.40. The Kier molecular flexibility index (Phi) is 5.46. The number of nitrogens with zero attached hydrogens (tertiary/aromatic N) is 1. The minimum atomic E-state index is -0.847. The van der Waals surface area contributed by atoms with Crippen molar-refractivity contribution in [3.8, 4) is 6.07 Å². The van der Waals surface area contributed by atoms with Crippen molar-refractivity contribution in [3.63, 3.8) is 0 Å². The van der Waals surface area contributed by atoms with Gasteiger partial charge in [-0.1, -0.05) is 37.0 Å². The molecule has 19 heavy (non-hydrogen) atoms. The lowest BCUT2D eigenvalue weighted by Gasteiger charge is -2.25. The van der Waals surface area contributed by atoms with Crippen molar-refractivity contribution in [1.29, 1.82) is 5.26 Å². The molecule has 0 aliphatic heterocycles. The zero-order valence-corrected chi connectivity index (χ0v) is 12.3. The molecule has 102 valence electrons. The average molecular weight is 300 g/mol. The number of anilines is 1. The van der Waals surface area contributed by atoms with Crippen LogP contribution in [0.15, 0.2) is 18.2 Å². The molecule has 0 atom stereocenters. The Morgan fingerprint density at radius 3 is 2.42 bits per heavy atom. The molecule has 6 heteroatoms. The Labute approximate surface area is 122 Å². The summed E-state index contributed by atoms with van der Waals surface area (Å²) < 4.78 is 0. The quantitative estimate of drug-likeness (QED) is 0.875. The number of nitriles is 1. The van der Waals surface area contributed by atoms with Gasteiger partial charge in [-0.15, -0.1) is 0 Å². The van der Waals surface area contributed by atoms with Gasteiger partial charge in [0.1, 0.15) is 5.54 Å². The molecule has 0 unspecified atom stereocenters. The maximum Gasteiger partial charge on any atom is 0.320 e. The molecule has 1 aromatic rings. The van der Waals surface area contributed by atoms with Crippen LogP contribution in [0.4, 0.5) is 10.5 Å². The van der Waals surface area contributed by atoms with Gasteiger partial charge in [0, 0.05) is 5.69 Å². The lowest BCUT2D eigenvalue weighted by atomic mass is 9.95. The highest BCUT2D eigenvalue weighted by Gasteiger charge is 2.27. The van der Waals surface area contributed by atoms with E-state index >= 15 is 0 Å². The third-order valence-corrected chi connectivity index (χ3v) is 3.69. The number of carbonyl (C=O) groups is 1. The fourth-order valence-corrected chi connectivity index (χ4v) is 1.86. The van der Waals surface area contributed by atoms with Crippen LogP contribution in [0.2, 0.25) is 10.0 Å². The van der Waals surface area contributed by atoms with Gasteiger partial charge in [0.2, 0.25) is 0 Å². The van der Waals surface area contributed by atoms with E-state index in [1.165, 1.54) is 0 Å². The number of hydrogen-bond acceptors (Lipinski definition) is 2. The van der Waals surface area contributed by atoms with Crippen molar-refractivity contribution >= 4 is 34.9 Å². The molecule has 0 aromatic heterocycles. The molecule has 2 N–H and O–H groups in total. The van der Waals surface area contributed by atoms with Gasteiger partial charge in [0.25, 0.3) is 0 Å². The van der Waals surface area contributed by atoms with Gasteiger partial charge in [-0.05, 0) is 31.0 Å². The van der Waals surface area contributed by atoms with E-state index in [1.807, 2.05) is 13.8 Å². The largest absolute Gasteiger partial charge is 0.320 e. The van der Waals surface area contributed by atoms with Crippen LogP contribution in [-0.4, -0.2) is 11.6 Å². The Morgan fingerprint density at radius 2 is 1.95 bits per heavy atom. The zero-order chi connectivity index (χ0) is 14.5. The predicted molar refractivity (Wildman–Crippen MR) is 77.5 cm³/mol. The predicted octanol–water partition coefficient (Wildman–Crippen LogP) is 4.20. The normalized spacial score (nSPS) is 10.7. The molecule has 0 fully saturated rings. The molecule has 0 aliphatic rings. The van der Waals surface area contributed by atoms with Crippen LogP contribution >= 0.6 is 23.2 Å². The first-order chi connectivity index (χ1) is 8.96. The summed E-state index contributed by atoms with van der Waals surface area (Å²) in [6.07, 6.45) is 1.07. The van der Waals surface area contributed by atoms with E-state index in [2.05, 4.69) is 16.7 Å². The van der Waals surface area contributed by atoms with E-state index in [9.17, 15) is 4.79 Å². The van der Waals surface area contributed by atoms with Gasteiger partial charge in [-0.3, -0.25) is 0 Å². The molecule has 1 rings (SSSR count). The van der Waals surface area contributed by atoms with Crippen LogP contribution in [0.1, 0.15) is 26.7 Å². The van der Waals surface area contributed by atoms with Gasteiger partial charge in [-0.25, -0.2) is 4.79 Å². The highest BCUT2D eigenvalue weighted by atomic mass is 35.5. The van der Waals surface area contributed by atoms with Gasteiger partial charge in [0.15, 0.2) is 0 Å². The minimum absolute atomic E-state index is 0.358. The van der Waals surface area contributed by atoms with Crippen LogP contribution in [0.5, 0.6) is 0 Å². The second-order valence-corrected chi connectivity index (χ2v) is 4.92. The molecule has 0 radical (unpaired) electrons. The molecule has 1 aromatic carbocycles. The molecule has 4 nitrogen and oxygen atoms in total. The van der Waals surface area contributed by atoms with Crippen LogP contribution in [0, 0.1) is 11.3 Å². The van der Waals surface area contributed by atoms with Crippen molar-refractivity contribution in [2.45, 2.75) is 32.2 Å². The second kappa shape index (κ2) is 6.65. The SMILES string of the molecule is CCC(C#N)(CC)NC(=O)Nc1ccc(Cl)c(Cl)c1. The third-order valence-electron chi connectivity index (χ3n) is 2.95. The smallest absolute Gasteiger partial charge is 0.319 e. The monoisotopic (exact) mass is 299 g/mol. The summed E-state index contributed by atoms with van der Waals surface area (Å²) >= 11 is 11.6. The zero-order valence-electron chi connectivity index (χ0n) is 10.8. The van der Waals surface area contributed by atoms with Gasteiger partial charge >= 0.3 is 6.03 Å². The summed E-state index contributed by atoms with van der Waals surface area (Å²) in [5.41, 5.74) is -0.328. The van der Waals surface area contributed by atoms with Gasteiger partial charge in [-0.2, -0.15) is 5.26 Å². The number of rotatable bonds is 4. The molecular formula is C13H15Cl2N3O. The van der Waals surface area contributed by atoms with Crippen molar-refractivity contribution in [3.05, 3.63) is 28.2 Å². The minimum Gasteiger partial charge on any atom is -0.319 e. The number of urea groups is 1. The number of halogens is 2. The summed E-state index contributed by atoms with van der Waals surface area (Å²) in [5.74, 6) is 0. The summed E-state index contributed by atoms with van der Waals surface area (Å²) in [4.78, 5) is 11.9. The van der Waals surface area contributed by atoms with Crippen LogP contribution in [-0.2, 0) is 0 Å². The Balaban J connectivity index is 2.75. The topological polar surface area (TPSA) is 64.9 Å². The Morgan fingerprint density at radius 1 is 1.32 bits per heavy atom. The highest BCUT2D eigenvalue weighted by Crippen LogP contribution is 2.25. The number of benzene rings is 1. The maximum atomic E-state index is 11.9. The Hall–Kier alpha value is -1.44. The molecular weight excluding hydrogens is 285 g/mol. The Bertz CT molecular complexity index is 507. The number of amides is 2. The maximum absolute atomic E-state index is 11.9. The van der Waals surface area contributed by atoms with Crippen LogP contribution < -0.4 is 10.6 Å². The van der Waals surface area contributed by atoms with E-state index in [0.717, 1.165) is 0 Å². The third kappa shape index (κ3) is 4.02. The van der Waals surface area contributed by atoms with Crippen molar-refractivity contribution in [2.75, 3.05) is 5.32 Å². The van der Waals surface area contributed by atoms with E-state index in [0.29, 0.717) is 28.6 Å². The summed E-state index contributed by atoms with van der Waals surface area (Å²) in [6.45, 7) is 3.71. The summed E-state index contributed by atoms with van der Waals surface area (Å²) in [6, 6.07) is 6.48. The summed E-state index contributed by atoms with van der Waals surface area (Å²) in [5, 5.41) is 15.2. The van der Waals surface area contributed by atoms with Gasteiger partial charge < -0.3 is 10.6 Å². The molecule has 0 saturated carbocycles. The first-order valence-electron chi connectivity index (χ1n) is 5.92. The second-order valence-electron chi connectivity index (χ2n) is 4.11. The van der Waals surface area contributed by atoms with Crippen molar-refractivity contribution in [1.82, 2.24) is 5.32 Å². The number of hydrogen-bond donors (Lipinski definition) is 2. The number of carbonyl (C=O) groups excluding carboxylic acids is 1. The van der Waals surface area contributed by atoms with E-state index in [1.54, 1.807) is 18.2 Å². The standard InChI is InChI=1S/C13H15Cl2N3O/c1-3-13(4-2,8-16)18-12(19)17-9-5-6-10(14)11(15)7-9/h5-7H,3-4H2,1-2H3,(H2,17,18,19). The van der Waals surface area contributed by atoms with Crippen LogP contribution in [0.25, 0.3) is 0 Å². The lowest BCUT2D eigenvalue weighted by molar-refractivity contribution is 0.242. The molecule has 0 saturated heterocycles. The van der Waals surface area contributed by atoms with E-state index < -0.39 is 11.6 Å². The molecule has 0 bridgehead atoms. The molecule has 0 spiro atoms. The van der Waals surface area contributed by atoms with Crippen molar-refractivity contribution in [2.24, 2.45) is 0 Å². The van der Waals surface area contributed by atoms with E-state index in [4.69, 9.17) is 28.5 Å². The number of nitrogens with one attached hydrogen (secondary N) is 2. The first-order valence-corrected chi connectivity index (χ1v) is 6.67. The van der Waals surface area contributed by atoms with E-state index in [-0.39, 0.29) is 0 Å². The van der Waals surface area contributed by atoms with Gasteiger partial charge in [0.05, 0.1) is 16.1 Å². The van der Waals surface area contributed by atoms with Crippen molar-refractivity contribution < 1.29 is 4.79 Å². The highest BCUT2D eigenvalue weighted by molar-refractivity contribution is 6.42. The fourth-order valence-electron chi connectivity index (χ4n) is 1.57.